The largest absolute Gasteiger partial charge is 0.483 e. The zero-order chi connectivity index (χ0) is 20.6. The van der Waals surface area contributed by atoms with E-state index < -0.39 is 5.91 Å². The molecule has 7 heteroatoms. The number of rotatable bonds is 8. The van der Waals surface area contributed by atoms with E-state index in [0.29, 0.717) is 12.3 Å². The van der Waals surface area contributed by atoms with Crippen LogP contribution in [0.1, 0.15) is 54.9 Å². The molecule has 0 bridgehead atoms. The molecule has 7 nitrogen and oxygen atoms in total. The number of aromatic nitrogens is 1. The van der Waals surface area contributed by atoms with E-state index in [9.17, 15) is 9.59 Å². The molecular formula is C22H28N2O5. The van der Waals surface area contributed by atoms with Gasteiger partial charge in [-0.3, -0.25) is 9.59 Å². The lowest BCUT2D eigenvalue weighted by atomic mass is 10.2. The van der Waals surface area contributed by atoms with Crippen molar-refractivity contribution in [3.05, 3.63) is 63.6 Å². The molecular weight excluding hydrogens is 372 g/mol. The first kappa shape index (κ1) is 21.1. The van der Waals surface area contributed by atoms with Gasteiger partial charge in [0.05, 0.1) is 6.61 Å². The summed E-state index contributed by atoms with van der Waals surface area (Å²) in [6, 6.07) is 10.8. The number of ether oxygens (including phenoxy) is 3. The first-order chi connectivity index (χ1) is 14.0. The van der Waals surface area contributed by atoms with Gasteiger partial charge in [0.25, 0.3) is 5.91 Å². The van der Waals surface area contributed by atoms with Crippen LogP contribution in [0.3, 0.4) is 0 Å². The van der Waals surface area contributed by atoms with Gasteiger partial charge in [-0.2, -0.15) is 0 Å². The van der Waals surface area contributed by atoms with E-state index in [1.807, 2.05) is 44.2 Å². The Morgan fingerprint density at radius 3 is 2.72 bits per heavy atom. The molecule has 1 aromatic heterocycles. The zero-order valence-corrected chi connectivity index (χ0v) is 16.9. The summed E-state index contributed by atoms with van der Waals surface area (Å²) in [5.41, 5.74) is 1.15. The third-order valence-electron chi connectivity index (χ3n) is 4.48. The van der Waals surface area contributed by atoms with Crippen molar-refractivity contribution >= 4 is 5.91 Å². The second kappa shape index (κ2) is 10.2. The van der Waals surface area contributed by atoms with E-state index in [2.05, 4.69) is 10.3 Å². The molecule has 1 aliphatic rings. The number of pyridine rings is 1. The lowest BCUT2D eigenvalue weighted by Crippen LogP contribution is -2.33. The van der Waals surface area contributed by atoms with E-state index in [1.54, 1.807) is 0 Å². The van der Waals surface area contributed by atoms with Crippen LogP contribution < -0.4 is 15.5 Å². The standard InChI is InChI=1S/C22H28N2O5/c1-15(2)23-22(26)20-21(29-13-16-8-4-3-5-9-16)18(25)12-17(24-20)14-28-19-10-6-7-11-27-19/h3-5,8-9,12,15,19H,6-7,10-11,13-14H2,1-2H3,(H,23,26)(H,24,25). The summed E-state index contributed by atoms with van der Waals surface area (Å²) in [6.07, 6.45) is 2.62. The smallest absolute Gasteiger partial charge is 0.271 e. The minimum atomic E-state index is -0.393. The van der Waals surface area contributed by atoms with Crippen LogP contribution in [0.5, 0.6) is 5.75 Å². The monoisotopic (exact) mass is 400 g/mol. The molecule has 156 valence electrons. The third kappa shape index (κ3) is 6.17. The molecule has 3 rings (SSSR count). The van der Waals surface area contributed by atoms with Crippen molar-refractivity contribution in [2.75, 3.05) is 6.61 Å². The van der Waals surface area contributed by atoms with Crippen molar-refractivity contribution in [2.24, 2.45) is 0 Å². The number of carbonyl (C=O) groups is 1. The highest BCUT2D eigenvalue weighted by Crippen LogP contribution is 2.18. The maximum absolute atomic E-state index is 12.7. The van der Waals surface area contributed by atoms with Crippen LogP contribution in [0.4, 0.5) is 0 Å². The molecule has 1 fully saturated rings. The number of carbonyl (C=O) groups excluding carboxylic acids is 1. The van der Waals surface area contributed by atoms with Crippen molar-refractivity contribution in [1.29, 1.82) is 0 Å². The Labute approximate surface area is 170 Å². The Morgan fingerprint density at radius 2 is 2.03 bits per heavy atom. The molecule has 0 aliphatic carbocycles. The van der Waals surface area contributed by atoms with Crippen molar-refractivity contribution in [3.8, 4) is 5.75 Å². The van der Waals surface area contributed by atoms with Crippen LogP contribution in [-0.4, -0.2) is 29.8 Å². The van der Waals surface area contributed by atoms with Gasteiger partial charge < -0.3 is 24.5 Å². The van der Waals surface area contributed by atoms with Crippen LogP contribution in [0.15, 0.2) is 41.2 Å². The Hall–Kier alpha value is -2.64. The molecule has 2 N–H and O–H groups in total. The first-order valence-electron chi connectivity index (χ1n) is 10.00. The molecule has 1 unspecified atom stereocenters. The summed E-state index contributed by atoms with van der Waals surface area (Å²) in [5.74, 6) is -0.388. The quantitative estimate of drug-likeness (QED) is 0.711. The molecule has 1 saturated heterocycles. The second-order valence-corrected chi connectivity index (χ2v) is 7.37. The summed E-state index contributed by atoms with van der Waals surface area (Å²) < 4.78 is 17.0. The fraction of sp³-hybridized carbons (Fsp3) is 0.455. The maximum atomic E-state index is 12.7. The minimum absolute atomic E-state index is 0.00432. The van der Waals surface area contributed by atoms with Crippen molar-refractivity contribution in [1.82, 2.24) is 10.3 Å². The molecule has 1 amide bonds. The van der Waals surface area contributed by atoms with E-state index in [0.717, 1.165) is 24.8 Å². The summed E-state index contributed by atoms with van der Waals surface area (Å²) in [5, 5.41) is 2.80. The number of nitrogens with one attached hydrogen (secondary N) is 2. The number of hydrogen-bond donors (Lipinski definition) is 2. The third-order valence-corrected chi connectivity index (χ3v) is 4.48. The number of hydrogen-bond acceptors (Lipinski definition) is 5. The molecule has 1 aromatic carbocycles. The van der Waals surface area contributed by atoms with Crippen LogP contribution in [0.25, 0.3) is 0 Å². The molecule has 0 radical (unpaired) electrons. The van der Waals surface area contributed by atoms with Gasteiger partial charge in [-0.1, -0.05) is 30.3 Å². The lowest BCUT2D eigenvalue weighted by Gasteiger charge is -2.22. The van der Waals surface area contributed by atoms with Gasteiger partial charge in [-0.05, 0) is 38.7 Å². The predicted molar refractivity (Wildman–Crippen MR) is 109 cm³/mol. The van der Waals surface area contributed by atoms with Gasteiger partial charge in [0.1, 0.15) is 6.61 Å². The van der Waals surface area contributed by atoms with Gasteiger partial charge in [0.2, 0.25) is 5.43 Å². The Bertz CT molecular complexity index is 857. The molecule has 1 atom stereocenters. The molecule has 29 heavy (non-hydrogen) atoms. The normalized spacial score (nSPS) is 16.6. The summed E-state index contributed by atoms with van der Waals surface area (Å²) in [4.78, 5) is 28.4. The lowest BCUT2D eigenvalue weighted by molar-refractivity contribution is -0.169. The average Bonchev–Trinajstić information content (AvgIpc) is 2.72. The van der Waals surface area contributed by atoms with E-state index in [-0.39, 0.29) is 42.4 Å². The highest BCUT2D eigenvalue weighted by atomic mass is 16.7. The Balaban J connectivity index is 1.79. The van der Waals surface area contributed by atoms with Crippen molar-refractivity contribution in [2.45, 2.75) is 58.7 Å². The molecule has 0 saturated carbocycles. The summed E-state index contributed by atoms with van der Waals surface area (Å²) in [7, 11) is 0. The van der Waals surface area contributed by atoms with Crippen LogP contribution in [-0.2, 0) is 22.7 Å². The number of aromatic amines is 1. The second-order valence-electron chi connectivity index (χ2n) is 7.37. The fourth-order valence-electron chi connectivity index (χ4n) is 3.07. The molecule has 0 spiro atoms. The van der Waals surface area contributed by atoms with Gasteiger partial charge in [0, 0.05) is 24.4 Å². The topological polar surface area (TPSA) is 89.7 Å². The van der Waals surface area contributed by atoms with E-state index >= 15 is 0 Å². The maximum Gasteiger partial charge on any atom is 0.271 e. The van der Waals surface area contributed by atoms with Crippen LogP contribution in [0.2, 0.25) is 0 Å². The Kier molecular flexibility index (Phi) is 7.43. The van der Waals surface area contributed by atoms with E-state index in [4.69, 9.17) is 14.2 Å². The SMILES string of the molecule is CC(C)NC(=O)c1[nH]c(COC2CCCCO2)cc(=O)c1OCc1ccccc1. The summed E-state index contributed by atoms with van der Waals surface area (Å²) >= 11 is 0. The zero-order valence-electron chi connectivity index (χ0n) is 16.9. The highest BCUT2D eigenvalue weighted by Gasteiger charge is 2.20. The molecule has 1 aliphatic heterocycles. The van der Waals surface area contributed by atoms with Gasteiger partial charge in [0.15, 0.2) is 17.7 Å². The number of amides is 1. The molecule has 2 aromatic rings. The Morgan fingerprint density at radius 1 is 1.24 bits per heavy atom. The first-order valence-corrected chi connectivity index (χ1v) is 10.00. The highest BCUT2D eigenvalue weighted by molar-refractivity contribution is 5.95. The predicted octanol–water partition coefficient (Wildman–Crippen LogP) is 3.14. The van der Waals surface area contributed by atoms with Gasteiger partial charge in [-0.15, -0.1) is 0 Å². The molecule has 2 heterocycles. The van der Waals surface area contributed by atoms with Crippen molar-refractivity contribution < 1.29 is 19.0 Å². The van der Waals surface area contributed by atoms with Crippen LogP contribution >= 0.6 is 0 Å². The fourth-order valence-corrected chi connectivity index (χ4v) is 3.07. The number of H-pyrrole nitrogens is 1. The van der Waals surface area contributed by atoms with E-state index in [1.165, 1.54) is 6.07 Å². The number of benzene rings is 1. The van der Waals surface area contributed by atoms with Crippen molar-refractivity contribution in [3.63, 3.8) is 0 Å². The van der Waals surface area contributed by atoms with Crippen LogP contribution in [0, 0.1) is 0 Å². The van der Waals surface area contributed by atoms with Gasteiger partial charge in [-0.25, -0.2) is 0 Å². The average molecular weight is 400 g/mol. The minimum Gasteiger partial charge on any atom is -0.483 e. The van der Waals surface area contributed by atoms with Gasteiger partial charge >= 0.3 is 0 Å². The summed E-state index contributed by atoms with van der Waals surface area (Å²) in [6.45, 7) is 4.73.